The third kappa shape index (κ3) is 6.59. The molecule has 0 aliphatic rings. The number of methoxy groups -OCH3 is 1. The molecule has 0 aliphatic heterocycles. The molecule has 2 heterocycles. The number of ether oxygens (including phenoxy) is 1. The van der Waals surface area contributed by atoms with Gasteiger partial charge in [-0.05, 0) is 54.0 Å². The standard InChI is InChI=1S/C27H31N7O4S2/c1-15-8-9-16(10-18(15)31-24-22-21(29-14-30-24)13-28-26(33-22)39-6)25(35)32-19-11-17(27(2,3)4)12-20(23(19)38-5)34-40(7,36)37/h8-14,34H,1-7H3,(H,32,35)(H,29,30,31). The second-order valence-electron chi connectivity index (χ2n) is 10.2. The fraction of sp³-hybridized carbons (Fsp3) is 0.296. The zero-order valence-electron chi connectivity index (χ0n) is 23.3. The van der Waals surface area contributed by atoms with E-state index in [0.717, 1.165) is 17.4 Å². The Morgan fingerprint density at radius 1 is 1.02 bits per heavy atom. The zero-order valence-corrected chi connectivity index (χ0v) is 24.9. The number of benzene rings is 2. The summed E-state index contributed by atoms with van der Waals surface area (Å²) in [5.41, 5.74) is 4.11. The molecule has 2 aromatic heterocycles. The minimum Gasteiger partial charge on any atom is -0.492 e. The predicted octanol–water partition coefficient (Wildman–Crippen LogP) is 5.12. The van der Waals surface area contributed by atoms with Gasteiger partial charge in [0.15, 0.2) is 16.7 Å². The van der Waals surface area contributed by atoms with E-state index in [2.05, 4.69) is 35.3 Å². The molecule has 3 N–H and O–H groups in total. The first kappa shape index (κ1) is 29.0. The number of thioether (sulfide) groups is 1. The molecule has 0 spiro atoms. The third-order valence-electron chi connectivity index (χ3n) is 5.99. The Morgan fingerprint density at radius 3 is 2.40 bits per heavy atom. The molecule has 0 saturated heterocycles. The normalized spacial score (nSPS) is 11.8. The van der Waals surface area contributed by atoms with Crippen molar-refractivity contribution in [1.82, 2.24) is 19.9 Å². The second kappa shape index (κ2) is 11.3. The van der Waals surface area contributed by atoms with Crippen molar-refractivity contribution in [1.29, 1.82) is 0 Å². The van der Waals surface area contributed by atoms with E-state index in [4.69, 9.17) is 4.74 Å². The summed E-state index contributed by atoms with van der Waals surface area (Å²) in [7, 11) is -2.18. The van der Waals surface area contributed by atoms with Crippen LogP contribution in [0.25, 0.3) is 11.0 Å². The van der Waals surface area contributed by atoms with E-state index in [1.165, 1.54) is 25.2 Å². The number of fused-ring (bicyclic) bond motifs is 1. The van der Waals surface area contributed by atoms with Gasteiger partial charge in [-0.15, -0.1) is 0 Å². The van der Waals surface area contributed by atoms with Gasteiger partial charge in [0.2, 0.25) is 10.0 Å². The summed E-state index contributed by atoms with van der Waals surface area (Å²) in [5, 5.41) is 6.77. The molecule has 1 amide bonds. The topological polar surface area (TPSA) is 148 Å². The number of aryl methyl sites for hydroxylation is 1. The quantitative estimate of drug-likeness (QED) is 0.189. The van der Waals surface area contributed by atoms with Crippen LogP contribution in [-0.2, 0) is 15.4 Å². The number of carbonyl (C=O) groups excluding carboxylic acids is 1. The molecule has 0 atom stereocenters. The van der Waals surface area contributed by atoms with Crippen molar-refractivity contribution < 1.29 is 17.9 Å². The van der Waals surface area contributed by atoms with Gasteiger partial charge in [0.05, 0.1) is 30.9 Å². The molecule has 40 heavy (non-hydrogen) atoms. The Balaban J connectivity index is 1.71. The molecule has 4 rings (SSSR count). The van der Waals surface area contributed by atoms with Crippen molar-refractivity contribution in [3.8, 4) is 5.75 Å². The lowest BCUT2D eigenvalue weighted by Crippen LogP contribution is -2.18. The Labute approximate surface area is 237 Å². The van der Waals surface area contributed by atoms with Gasteiger partial charge in [-0.3, -0.25) is 9.52 Å². The summed E-state index contributed by atoms with van der Waals surface area (Å²) in [6.45, 7) is 7.89. The van der Waals surface area contributed by atoms with Crippen molar-refractivity contribution in [3.63, 3.8) is 0 Å². The molecule has 0 fully saturated rings. The Hall–Kier alpha value is -3.97. The van der Waals surface area contributed by atoms with Gasteiger partial charge in [0, 0.05) is 11.3 Å². The number of rotatable bonds is 8. The van der Waals surface area contributed by atoms with Crippen LogP contribution in [-0.4, -0.2) is 53.9 Å². The van der Waals surface area contributed by atoms with Crippen LogP contribution >= 0.6 is 11.8 Å². The largest absolute Gasteiger partial charge is 0.492 e. The van der Waals surface area contributed by atoms with Crippen molar-refractivity contribution in [2.24, 2.45) is 0 Å². The number of anilines is 4. The number of aromatic nitrogens is 4. The number of amides is 1. The van der Waals surface area contributed by atoms with E-state index in [-0.39, 0.29) is 16.9 Å². The highest BCUT2D eigenvalue weighted by molar-refractivity contribution is 7.98. The first-order chi connectivity index (χ1) is 18.8. The van der Waals surface area contributed by atoms with Gasteiger partial charge in [0.25, 0.3) is 5.91 Å². The van der Waals surface area contributed by atoms with Crippen LogP contribution in [0, 0.1) is 6.92 Å². The van der Waals surface area contributed by atoms with Gasteiger partial charge >= 0.3 is 0 Å². The summed E-state index contributed by atoms with van der Waals surface area (Å²) in [5.74, 6) is 0.283. The molecular formula is C27H31N7O4S2. The van der Waals surface area contributed by atoms with E-state index in [0.29, 0.717) is 38.9 Å². The van der Waals surface area contributed by atoms with Crippen LogP contribution < -0.4 is 20.1 Å². The molecule has 4 aromatic rings. The van der Waals surface area contributed by atoms with E-state index in [9.17, 15) is 13.2 Å². The average Bonchev–Trinajstić information content (AvgIpc) is 2.88. The van der Waals surface area contributed by atoms with E-state index in [1.54, 1.807) is 30.5 Å². The number of carbonyl (C=O) groups is 1. The number of hydrogen-bond donors (Lipinski definition) is 3. The maximum absolute atomic E-state index is 13.5. The fourth-order valence-corrected chi connectivity index (χ4v) is 4.79. The monoisotopic (exact) mass is 581 g/mol. The van der Waals surface area contributed by atoms with Crippen molar-refractivity contribution >= 4 is 61.6 Å². The molecule has 11 nitrogen and oxygen atoms in total. The minimum absolute atomic E-state index is 0.203. The van der Waals surface area contributed by atoms with E-state index in [1.807, 2.05) is 40.0 Å². The lowest BCUT2D eigenvalue weighted by molar-refractivity contribution is 0.102. The number of sulfonamides is 1. The molecule has 0 unspecified atom stereocenters. The third-order valence-corrected chi connectivity index (χ3v) is 7.15. The molecule has 0 radical (unpaired) electrons. The summed E-state index contributed by atoms with van der Waals surface area (Å²) in [6, 6.07) is 8.74. The Bertz CT molecular complexity index is 1700. The SMILES string of the molecule is COc1c(NC(=O)c2ccc(C)c(Nc3ncnc4cnc(SC)nc34)c2)cc(C(C)(C)C)cc1NS(C)(=O)=O. The molecule has 0 aliphatic carbocycles. The molecule has 2 aromatic carbocycles. The van der Waals surface area contributed by atoms with Crippen molar-refractivity contribution in [2.45, 2.75) is 38.3 Å². The highest BCUT2D eigenvalue weighted by atomic mass is 32.2. The molecule has 0 bridgehead atoms. The first-order valence-electron chi connectivity index (χ1n) is 12.2. The number of hydrogen-bond acceptors (Lipinski definition) is 10. The van der Waals surface area contributed by atoms with Crippen LogP contribution in [0.4, 0.5) is 22.9 Å². The predicted molar refractivity (Wildman–Crippen MR) is 159 cm³/mol. The molecule has 0 saturated carbocycles. The van der Waals surface area contributed by atoms with E-state index < -0.39 is 15.9 Å². The van der Waals surface area contributed by atoms with Crippen LogP contribution in [0.3, 0.4) is 0 Å². The first-order valence-corrected chi connectivity index (χ1v) is 15.3. The fourth-order valence-electron chi connectivity index (χ4n) is 3.90. The molecule has 13 heteroatoms. The molecule has 210 valence electrons. The zero-order chi connectivity index (χ0) is 29.2. The summed E-state index contributed by atoms with van der Waals surface area (Å²) in [6.07, 6.45) is 6.01. The van der Waals surface area contributed by atoms with Gasteiger partial charge in [-0.2, -0.15) is 0 Å². The van der Waals surface area contributed by atoms with Crippen LogP contribution in [0.15, 0.2) is 48.0 Å². The molecular weight excluding hydrogens is 550 g/mol. The highest BCUT2D eigenvalue weighted by Crippen LogP contribution is 2.39. The number of nitrogens with zero attached hydrogens (tertiary/aromatic N) is 4. The lowest BCUT2D eigenvalue weighted by Gasteiger charge is -2.24. The summed E-state index contributed by atoms with van der Waals surface area (Å²) in [4.78, 5) is 30.9. The lowest BCUT2D eigenvalue weighted by atomic mass is 9.86. The maximum Gasteiger partial charge on any atom is 0.255 e. The van der Waals surface area contributed by atoms with Crippen LogP contribution in [0.1, 0.15) is 42.3 Å². The van der Waals surface area contributed by atoms with E-state index >= 15 is 0 Å². The van der Waals surface area contributed by atoms with Gasteiger partial charge in [-0.25, -0.2) is 28.4 Å². The van der Waals surface area contributed by atoms with Crippen LogP contribution in [0.5, 0.6) is 5.75 Å². The van der Waals surface area contributed by atoms with Crippen LogP contribution in [0.2, 0.25) is 0 Å². The van der Waals surface area contributed by atoms with Gasteiger partial charge in [0.1, 0.15) is 17.4 Å². The average molecular weight is 582 g/mol. The summed E-state index contributed by atoms with van der Waals surface area (Å²) < 4.78 is 32.1. The van der Waals surface area contributed by atoms with Gasteiger partial charge < -0.3 is 15.4 Å². The minimum atomic E-state index is -3.60. The Morgan fingerprint density at radius 2 is 1.75 bits per heavy atom. The van der Waals surface area contributed by atoms with Crippen molar-refractivity contribution in [3.05, 3.63) is 59.5 Å². The number of nitrogens with one attached hydrogen (secondary N) is 3. The Kier molecular flexibility index (Phi) is 8.17. The second-order valence-corrected chi connectivity index (χ2v) is 12.7. The highest BCUT2D eigenvalue weighted by Gasteiger charge is 2.23. The maximum atomic E-state index is 13.5. The van der Waals surface area contributed by atoms with Gasteiger partial charge in [-0.1, -0.05) is 38.6 Å². The smallest absolute Gasteiger partial charge is 0.255 e. The summed E-state index contributed by atoms with van der Waals surface area (Å²) >= 11 is 1.41. The van der Waals surface area contributed by atoms with Crippen molar-refractivity contribution in [2.75, 3.05) is 35.0 Å².